The van der Waals surface area contributed by atoms with Crippen LogP contribution in [0.15, 0.2) is 18.3 Å². The number of pyridine rings is 1. The van der Waals surface area contributed by atoms with Crippen molar-refractivity contribution in [1.29, 1.82) is 0 Å². The SMILES string of the molecule is Nc1ccc(OCCN2CCC(F)(F)CC2)nc1. The van der Waals surface area contributed by atoms with Crippen LogP contribution in [-0.2, 0) is 0 Å². The third-order valence-electron chi connectivity index (χ3n) is 3.00. The molecule has 2 heterocycles. The topological polar surface area (TPSA) is 51.4 Å². The first-order chi connectivity index (χ1) is 8.55. The standard InChI is InChI=1S/C12H17F2N3O/c13-12(14)3-5-17(6-4-12)7-8-18-11-2-1-10(15)9-16-11/h1-2,9H,3-8,15H2. The van der Waals surface area contributed by atoms with Crippen molar-refractivity contribution in [2.24, 2.45) is 0 Å². The van der Waals surface area contributed by atoms with Crippen molar-refractivity contribution in [3.05, 3.63) is 18.3 Å². The van der Waals surface area contributed by atoms with Crippen LogP contribution in [0.4, 0.5) is 14.5 Å². The number of rotatable bonds is 4. The summed E-state index contributed by atoms with van der Waals surface area (Å²) in [4.78, 5) is 5.98. The number of likely N-dealkylation sites (tertiary alicyclic amines) is 1. The Morgan fingerprint density at radius 1 is 1.33 bits per heavy atom. The summed E-state index contributed by atoms with van der Waals surface area (Å²) < 4.78 is 31.3. The molecule has 0 aromatic carbocycles. The first kappa shape index (κ1) is 13.0. The maximum Gasteiger partial charge on any atom is 0.250 e. The number of anilines is 1. The molecule has 1 aromatic rings. The fraction of sp³-hybridized carbons (Fsp3) is 0.583. The number of alkyl halides is 2. The molecule has 100 valence electrons. The highest BCUT2D eigenvalue weighted by molar-refractivity contribution is 5.35. The number of hydrogen-bond donors (Lipinski definition) is 1. The van der Waals surface area contributed by atoms with Crippen LogP contribution in [0.3, 0.4) is 0 Å². The Hall–Kier alpha value is -1.43. The minimum absolute atomic E-state index is 0.0624. The summed E-state index contributed by atoms with van der Waals surface area (Å²) in [6.45, 7) is 1.93. The number of nitrogens with zero attached hydrogens (tertiary/aromatic N) is 2. The first-order valence-electron chi connectivity index (χ1n) is 6.00. The third kappa shape index (κ3) is 3.80. The van der Waals surface area contributed by atoms with Crippen LogP contribution in [0.2, 0.25) is 0 Å². The van der Waals surface area contributed by atoms with Gasteiger partial charge in [0.05, 0.1) is 11.9 Å². The smallest absolute Gasteiger partial charge is 0.250 e. The lowest BCUT2D eigenvalue weighted by Crippen LogP contribution is -2.41. The quantitative estimate of drug-likeness (QED) is 0.893. The second kappa shape index (κ2) is 5.48. The van der Waals surface area contributed by atoms with E-state index in [4.69, 9.17) is 10.5 Å². The molecule has 18 heavy (non-hydrogen) atoms. The van der Waals surface area contributed by atoms with Gasteiger partial charge < -0.3 is 10.5 Å². The van der Waals surface area contributed by atoms with Crippen LogP contribution in [0.25, 0.3) is 0 Å². The lowest BCUT2D eigenvalue weighted by Gasteiger charge is -2.31. The van der Waals surface area contributed by atoms with Crippen molar-refractivity contribution < 1.29 is 13.5 Å². The van der Waals surface area contributed by atoms with E-state index >= 15 is 0 Å². The van der Waals surface area contributed by atoms with Crippen molar-refractivity contribution in [2.75, 3.05) is 32.0 Å². The van der Waals surface area contributed by atoms with E-state index in [1.165, 1.54) is 6.20 Å². The number of hydrogen-bond acceptors (Lipinski definition) is 4. The van der Waals surface area contributed by atoms with Crippen LogP contribution in [0, 0.1) is 0 Å². The van der Waals surface area contributed by atoms with Crippen molar-refractivity contribution in [2.45, 2.75) is 18.8 Å². The summed E-state index contributed by atoms with van der Waals surface area (Å²) in [6, 6.07) is 3.41. The maximum absolute atomic E-state index is 12.9. The molecule has 0 aliphatic carbocycles. The molecule has 0 atom stereocenters. The Kier molecular flexibility index (Phi) is 3.96. The minimum Gasteiger partial charge on any atom is -0.476 e. The van der Waals surface area contributed by atoms with Gasteiger partial charge in [0.1, 0.15) is 6.61 Å². The molecule has 0 saturated carbocycles. The second-order valence-corrected chi connectivity index (χ2v) is 4.48. The molecule has 0 bridgehead atoms. The molecule has 0 spiro atoms. The summed E-state index contributed by atoms with van der Waals surface area (Å²) in [7, 11) is 0. The average molecular weight is 257 g/mol. The van der Waals surface area contributed by atoms with Crippen LogP contribution in [0.5, 0.6) is 5.88 Å². The van der Waals surface area contributed by atoms with E-state index in [0.29, 0.717) is 37.8 Å². The number of aromatic nitrogens is 1. The van der Waals surface area contributed by atoms with E-state index in [1.807, 2.05) is 4.90 Å². The summed E-state index contributed by atoms with van der Waals surface area (Å²) in [6.07, 6.45) is 1.40. The Morgan fingerprint density at radius 3 is 2.67 bits per heavy atom. The summed E-state index contributed by atoms with van der Waals surface area (Å²) >= 11 is 0. The largest absolute Gasteiger partial charge is 0.476 e. The molecule has 0 unspecified atom stereocenters. The molecule has 4 nitrogen and oxygen atoms in total. The van der Waals surface area contributed by atoms with Crippen molar-refractivity contribution in [3.8, 4) is 5.88 Å². The average Bonchev–Trinajstić information content (AvgIpc) is 2.34. The van der Waals surface area contributed by atoms with E-state index in [1.54, 1.807) is 12.1 Å². The normalized spacial score (nSPS) is 19.7. The molecular formula is C12H17F2N3O. The Balaban J connectivity index is 1.68. The third-order valence-corrected chi connectivity index (χ3v) is 3.00. The molecule has 1 aromatic heterocycles. The van der Waals surface area contributed by atoms with Gasteiger partial charge in [-0.15, -0.1) is 0 Å². The van der Waals surface area contributed by atoms with Crippen LogP contribution in [-0.4, -0.2) is 42.0 Å². The highest BCUT2D eigenvalue weighted by Gasteiger charge is 2.33. The van der Waals surface area contributed by atoms with Gasteiger partial charge in [-0.2, -0.15) is 0 Å². The minimum atomic E-state index is -2.49. The molecule has 1 saturated heterocycles. The fourth-order valence-corrected chi connectivity index (χ4v) is 1.86. The Labute approximate surface area is 105 Å². The Morgan fingerprint density at radius 2 is 2.06 bits per heavy atom. The second-order valence-electron chi connectivity index (χ2n) is 4.48. The lowest BCUT2D eigenvalue weighted by atomic mass is 10.1. The van der Waals surface area contributed by atoms with Gasteiger partial charge in [0.15, 0.2) is 0 Å². The zero-order chi connectivity index (χ0) is 13.0. The Bertz CT molecular complexity index is 373. The van der Waals surface area contributed by atoms with Gasteiger partial charge >= 0.3 is 0 Å². The molecule has 0 radical (unpaired) electrons. The fourth-order valence-electron chi connectivity index (χ4n) is 1.86. The van der Waals surface area contributed by atoms with E-state index < -0.39 is 5.92 Å². The highest BCUT2D eigenvalue weighted by atomic mass is 19.3. The van der Waals surface area contributed by atoms with Gasteiger partial charge in [0.2, 0.25) is 5.88 Å². The van der Waals surface area contributed by atoms with Gasteiger partial charge in [0.25, 0.3) is 5.92 Å². The number of ether oxygens (including phenoxy) is 1. The van der Waals surface area contributed by atoms with E-state index in [0.717, 1.165) is 0 Å². The van der Waals surface area contributed by atoms with Crippen LogP contribution >= 0.6 is 0 Å². The molecule has 6 heteroatoms. The highest BCUT2D eigenvalue weighted by Crippen LogP contribution is 2.27. The summed E-state index contributed by atoms with van der Waals surface area (Å²) in [5.41, 5.74) is 6.08. The molecule has 2 N–H and O–H groups in total. The lowest BCUT2D eigenvalue weighted by molar-refractivity contribution is -0.0565. The van der Waals surface area contributed by atoms with Gasteiger partial charge in [-0.3, -0.25) is 4.90 Å². The molecular weight excluding hydrogens is 240 g/mol. The van der Waals surface area contributed by atoms with Gasteiger partial charge in [-0.05, 0) is 6.07 Å². The summed E-state index contributed by atoms with van der Waals surface area (Å²) in [5, 5.41) is 0. The predicted molar refractivity (Wildman–Crippen MR) is 64.8 cm³/mol. The van der Waals surface area contributed by atoms with Crippen LogP contribution < -0.4 is 10.5 Å². The van der Waals surface area contributed by atoms with Gasteiger partial charge in [-0.1, -0.05) is 0 Å². The van der Waals surface area contributed by atoms with Crippen molar-refractivity contribution in [3.63, 3.8) is 0 Å². The first-order valence-corrected chi connectivity index (χ1v) is 6.00. The van der Waals surface area contributed by atoms with Crippen molar-refractivity contribution in [1.82, 2.24) is 9.88 Å². The molecule has 1 aliphatic heterocycles. The monoisotopic (exact) mass is 257 g/mol. The van der Waals surface area contributed by atoms with E-state index in [9.17, 15) is 8.78 Å². The van der Waals surface area contributed by atoms with Gasteiger partial charge in [0, 0.05) is 38.5 Å². The molecule has 0 amide bonds. The number of halogens is 2. The number of nitrogen functional groups attached to an aromatic ring is 1. The number of piperidine rings is 1. The predicted octanol–water partition coefficient (Wildman–Crippen LogP) is 1.77. The summed E-state index contributed by atoms with van der Waals surface area (Å²) in [5.74, 6) is -1.98. The molecule has 1 fully saturated rings. The molecule has 2 rings (SSSR count). The van der Waals surface area contributed by atoms with E-state index in [2.05, 4.69) is 4.98 Å². The number of nitrogens with two attached hydrogens (primary N) is 1. The van der Waals surface area contributed by atoms with Crippen molar-refractivity contribution >= 4 is 5.69 Å². The van der Waals surface area contributed by atoms with Crippen LogP contribution in [0.1, 0.15) is 12.8 Å². The molecule has 1 aliphatic rings. The van der Waals surface area contributed by atoms with Gasteiger partial charge in [-0.25, -0.2) is 13.8 Å². The zero-order valence-corrected chi connectivity index (χ0v) is 10.1. The zero-order valence-electron chi connectivity index (χ0n) is 10.1. The van der Waals surface area contributed by atoms with E-state index in [-0.39, 0.29) is 12.8 Å². The maximum atomic E-state index is 12.9.